The normalized spacial score (nSPS) is 12.1. The van der Waals surface area contributed by atoms with Crippen molar-refractivity contribution in [2.75, 3.05) is 13.1 Å². The third-order valence-electron chi connectivity index (χ3n) is 2.81. The second kappa shape index (κ2) is 8.34. The summed E-state index contributed by atoms with van der Waals surface area (Å²) in [6, 6.07) is 3.02. The first-order valence-corrected chi connectivity index (χ1v) is 9.20. The van der Waals surface area contributed by atoms with Gasteiger partial charge >= 0.3 is 0 Å². The van der Waals surface area contributed by atoms with Crippen molar-refractivity contribution in [3.8, 4) is 0 Å². The van der Waals surface area contributed by atoms with E-state index in [4.69, 9.17) is 23.2 Å². The summed E-state index contributed by atoms with van der Waals surface area (Å²) >= 11 is 12.2. The number of rotatable bonds is 8. The molecule has 0 heterocycles. The van der Waals surface area contributed by atoms with Gasteiger partial charge in [0, 0.05) is 18.1 Å². The van der Waals surface area contributed by atoms with Gasteiger partial charge in [0.1, 0.15) is 4.90 Å². The third-order valence-corrected chi connectivity index (χ3v) is 5.05. The molecule has 0 saturated carbocycles. The van der Waals surface area contributed by atoms with E-state index < -0.39 is 10.0 Å². The molecule has 0 radical (unpaired) electrons. The van der Waals surface area contributed by atoms with Crippen LogP contribution in [0.25, 0.3) is 0 Å². The first kappa shape index (κ1) is 18.7. The van der Waals surface area contributed by atoms with Gasteiger partial charge < -0.3 is 5.32 Å². The van der Waals surface area contributed by atoms with Crippen LogP contribution in [-0.2, 0) is 16.6 Å². The SMILES string of the molecule is CCCNCc1cc(S(=O)(=O)NCC(C)C)c(Cl)cc1Cl. The lowest BCUT2D eigenvalue weighted by molar-refractivity contribution is 0.560. The van der Waals surface area contributed by atoms with Crippen molar-refractivity contribution in [2.24, 2.45) is 5.92 Å². The van der Waals surface area contributed by atoms with Crippen LogP contribution in [0.4, 0.5) is 0 Å². The van der Waals surface area contributed by atoms with E-state index >= 15 is 0 Å². The summed E-state index contributed by atoms with van der Waals surface area (Å²) in [7, 11) is -3.62. The molecule has 4 nitrogen and oxygen atoms in total. The van der Waals surface area contributed by atoms with Gasteiger partial charge in [-0.05, 0) is 36.6 Å². The highest BCUT2D eigenvalue weighted by Crippen LogP contribution is 2.28. The van der Waals surface area contributed by atoms with E-state index in [0.29, 0.717) is 18.1 Å². The second-order valence-corrected chi connectivity index (χ2v) is 7.85. The molecule has 1 aromatic carbocycles. The van der Waals surface area contributed by atoms with E-state index in [2.05, 4.69) is 17.0 Å². The van der Waals surface area contributed by atoms with Crippen LogP contribution in [0, 0.1) is 5.92 Å². The quantitative estimate of drug-likeness (QED) is 0.704. The minimum atomic E-state index is -3.62. The molecule has 0 aromatic heterocycles. The summed E-state index contributed by atoms with van der Waals surface area (Å²) in [6.07, 6.45) is 0.992. The van der Waals surface area contributed by atoms with Crippen LogP contribution in [0.5, 0.6) is 0 Å². The Bertz CT molecular complexity index is 575. The summed E-state index contributed by atoms with van der Waals surface area (Å²) in [5.41, 5.74) is 0.722. The van der Waals surface area contributed by atoms with Crippen molar-refractivity contribution in [3.05, 3.63) is 27.7 Å². The molecule has 1 aromatic rings. The van der Waals surface area contributed by atoms with Crippen LogP contribution in [0.3, 0.4) is 0 Å². The van der Waals surface area contributed by atoms with E-state index in [1.165, 1.54) is 12.1 Å². The average molecular weight is 353 g/mol. The molecule has 0 aliphatic rings. The molecule has 21 heavy (non-hydrogen) atoms. The Morgan fingerprint density at radius 3 is 2.43 bits per heavy atom. The predicted molar refractivity (Wildman–Crippen MR) is 88.5 cm³/mol. The molecule has 0 bridgehead atoms. The molecule has 120 valence electrons. The number of sulfonamides is 1. The highest BCUT2D eigenvalue weighted by Gasteiger charge is 2.20. The van der Waals surface area contributed by atoms with E-state index in [1.54, 1.807) is 0 Å². The van der Waals surface area contributed by atoms with Crippen LogP contribution in [0.1, 0.15) is 32.8 Å². The predicted octanol–water partition coefficient (Wildman–Crippen LogP) is 3.43. The molecule has 1 rings (SSSR count). The zero-order valence-electron chi connectivity index (χ0n) is 12.5. The first-order valence-electron chi connectivity index (χ1n) is 6.96. The molecular formula is C14H22Cl2N2O2S. The van der Waals surface area contributed by atoms with Crippen molar-refractivity contribution < 1.29 is 8.42 Å². The molecule has 0 atom stereocenters. The maximum absolute atomic E-state index is 12.3. The highest BCUT2D eigenvalue weighted by molar-refractivity contribution is 7.89. The second-order valence-electron chi connectivity index (χ2n) is 5.30. The van der Waals surface area contributed by atoms with Crippen LogP contribution in [-0.4, -0.2) is 21.5 Å². The molecule has 2 N–H and O–H groups in total. The Labute approximate surface area is 137 Å². The Balaban J connectivity index is 3.03. The van der Waals surface area contributed by atoms with E-state index in [9.17, 15) is 8.42 Å². The van der Waals surface area contributed by atoms with E-state index in [0.717, 1.165) is 18.5 Å². The number of nitrogens with one attached hydrogen (secondary N) is 2. The summed E-state index contributed by atoms with van der Waals surface area (Å²) < 4.78 is 27.1. The number of benzene rings is 1. The van der Waals surface area contributed by atoms with Crippen molar-refractivity contribution in [1.82, 2.24) is 10.0 Å². The van der Waals surface area contributed by atoms with E-state index in [1.807, 2.05) is 13.8 Å². The van der Waals surface area contributed by atoms with Gasteiger partial charge in [0.2, 0.25) is 10.0 Å². The molecule has 0 amide bonds. The fraction of sp³-hybridized carbons (Fsp3) is 0.571. The van der Waals surface area contributed by atoms with Gasteiger partial charge in [-0.25, -0.2) is 13.1 Å². The number of halogens is 2. The largest absolute Gasteiger partial charge is 0.313 e. The summed E-state index contributed by atoms with van der Waals surface area (Å²) in [5, 5.41) is 3.80. The van der Waals surface area contributed by atoms with Crippen LogP contribution in [0.2, 0.25) is 10.0 Å². The monoisotopic (exact) mass is 352 g/mol. The van der Waals surface area contributed by atoms with Gasteiger partial charge in [0.05, 0.1) is 5.02 Å². The Morgan fingerprint density at radius 1 is 1.19 bits per heavy atom. The lowest BCUT2D eigenvalue weighted by Gasteiger charge is -2.13. The Hall–Kier alpha value is -0.330. The maximum atomic E-state index is 12.3. The topological polar surface area (TPSA) is 58.2 Å². The lowest BCUT2D eigenvalue weighted by atomic mass is 10.2. The molecule has 0 aliphatic carbocycles. The molecule has 0 fully saturated rings. The van der Waals surface area contributed by atoms with Gasteiger partial charge in [0.15, 0.2) is 0 Å². The third kappa shape index (κ3) is 5.75. The van der Waals surface area contributed by atoms with Gasteiger partial charge in [0.25, 0.3) is 0 Å². The summed E-state index contributed by atoms with van der Waals surface area (Å²) in [5.74, 6) is 0.219. The summed E-state index contributed by atoms with van der Waals surface area (Å²) in [6.45, 7) is 7.65. The van der Waals surface area contributed by atoms with Gasteiger partial charge in [-0.3, -0.25) is 0 Å². The molecule has 0 spiro atoms. The van der Waals surface area contributed by atoms with Gasteiger partial charge in [-0.2, -0.15) is 0 Å². The average Bonchev–Trinajstić information content (AvgIpc) is 2.39. The maximum Gasteiger partial charge on any atom is 0.242 e. The minimum Gasteiger partial charge on any atom is -0.313 e. The molecule has 0 unspecified atom stereocenters. The molecule has 0 aliphatic heterocycles. The van der Waals surface area contributed by atoms with Crippen LogP contribution < -0.4 is 10.0 Å². The molecule has 7 heteroatoms. The van der Waals surface area contributed by atoms with Crippen LogP contribution >= 0.6 is 23.2 Å². The van der Waals surface area contributed by atoms with E-state index in [-0.39, 0.29) is 15.8 Å². The molecular weight excluding hydrogens is 331 g/mol. The van der Waals surface area contributed by atoms with Gasteiger partial charge in [-0.15, -0.1) is 0 Å². The van der Waals surface area contributed by atoms with Crippen molar-refractivity contribution >= 4 is 33.2 Å². The smallest absolute Gasteiger partial charge is 0.242 e. The highest BCUT2D eigenvalue weighted by atomic mass is 35.5. The Morgan fingerprint density at radius 2 is 1.86 bits per heavy atom. The fourth-order valence-electron chi connectivity index (χ4n) is 1.67. The van der Waals surface area contributed by atoms with Gasteiger partial charge in [-0.1, -0.05) is 44.0 Å². The zero-order valence-corrected chi connectivity index (χ0v) is 14.9. The number of hydrogen-bond acceptors (Lipinski definition) is 3. The first-order chi connectivity index (χ1) is 9.77. The number of hydrogen-bond donors (Lipinski definition) is 2. The zero-order chi connectivity index (χ0) is 16.0. The van der Waals surface area contributed by atoms with Crippen LogP contribution in [0.15, 0.2) is 17.0 Å². The lowest BCUT2D eigenvalue weighted by Crippen LogP contribution is -2.28. The minimum absolute atomic E-state index is 0.0718. The standard InChI is InChI=1S/C14H22Cl2N2O2S/c1-4-5-17-9-11-6-14(13(16)7-12(11)15)21(19,20)18-8-10(2)3/h6-7,10,17-18H,4-5,8-9H2,1-3H3. The van der Waals surface area contributed by atoms with Crippen molar-refractivity contribution in [3.63, 3.8) is 0 Å². The Kier molecular flexibility index (Phi) is 7.44. The van der Waals surface area contributed by atoms with Crippen molar-refractivity contribution in [2.45, 2.75) is 38.6 Å². The molecule has 0 saturated heterocycles. The fourth-order valence-corrected chi connectivity index (χ4v) is 3.74. The summed E-state index contributed by atoms with van der Waals surface area (Å²) in [4.78, 5) is 0.0718. The van der Waals surface area contributed by atoms with Crippen molar-refractivity contribution in [1.29, 1.82) is 0 Å².